The molecule has 0 spiro atoms. The van der Waals surface area contributed by atoms with Crippen LogP contribution in [0.5, 0.6) is 5.75 Å². The van der Waals surface area contributed by atoms with E-state index in [1.807, 2.05) is 55.5 Å². The molecule has 0 fully saturated rings. The lowest BCUT2D eigenvalue weighted by atomic mass is 9.87. The molecule has 0 aliphatic heterocycles. The van der Waals surface area contributed by atoms with E-state index < -0.39 is 6.10 Å². The molecular weight excluding hydrogens is 334 g/mol. The van der Waals surface area contributed by atoms with Crippen molar-refractivity contribution in [1.29, 1.82) is 0 Å². The van der Waals surface area contributed by atoms with Crippen molar-refractivity contribution >= 4 is 17.5 Å². The fourth-order valence-electron chi connectivity index (χ4n) is 2.43. The predicted octanol–water partition coefficient (Wildman–Crippen LogP) is 5.11. The van der Waals surface area contributed by atoms with E-state index in [0.717, 1.165) is 5.56 Å². The van der Waals surface area contributed by atoms with Crippen molar-refractivity contribution in [2.75, 3.05) is 0 Å². The van der Waals surface area contributed by atoms with Crippen LogP contribution in [0.25, 0.3) is 0 Å². The molecule has 0 aliphatic rings. The first-order valence-electron chi connectivity index (χ1n) is 8.59. The quantitative estimate of drug-likeness (QED) is 0.778. The normalized spacial score (nSPS) is 12.5. The number of carbonyl (C=O) groups is 1. The molecule has 2 aromatic carbocycles. The summed E-state index contributed by atoms with van der Waals surface area (Å²) in [7, 11) is 0. The lowest BCUT2D eigenvalue weighted by Crippen LogP contribution is -2.37. The second-order valence-electron chi connectivity index (χ2n) is 7.13. The minimum atomic E-state index is -0.507. The highest BCUT2D eigenvalue weighted by Crippen LogP contribution is 2.25. The molecule has 0 radical (unpaired) electrons. The number of amides is 1. The van der Waals surface area contributed by atoms with Crippen molar-refractivity contribution < 1.29 is 9.53 Å². The third-order valence-electron chi connectivity index (χ3n) is 4.04. The maximum Gasteiger partial charge on any atom is 0.261 e. The molecule has 3 nitrogen and oxygen atoms in total. The highest BCUT2D eigenvalue weighted by Gasteiger charge is 2.19. The summed E-state index contributed by atoms with van der Waals surface area (Å²) in [6, 6.07) is 15.4. The number of hydrogen-bond acceptors (Lipinski definition) is 2. The van der Waals surface area contributed by atoms with Crippen LogP contribution >= 0.6 is 11.6 Å². The average Bonchev–Trinajstić information content (AvgIpc) is 2.58. The molecule has 1 atom stereocenters. The van der Waals surface area contributed by atoms with Crippen molar-refractivity contribution in [2.45, 2.75) is 52.2 Å². The van der Waals surface area contributed by atoms with Crippen LogP contribution < -0.4 is 10.1 Å². The third-order valence-corrected chi connectivity index (χ3v) is 4.29. The molecular formula is C21H26ClNO2. The summed E-state index contributed by atoms with van der Waals surface area (Å²) in [5, 5.41) is 3.60. The van der Waals surface area contributed by atoms with Crippen LogP contribution in [0.2, 0.25) is 5.02 Å². The van der Waals surface area contributed by atoms with E-state index in [9.17, 15) is 4.79 Å². The van der Waals surface area contributed by atoms with E-state index in [0.29, 0.717) is 23.7 Å². The lowest BCUT2D eigenvalue weighted by Gasteiger charge is -2.21. The van der Waals surface area contributed by atoms with Crippen molar-refractivity contribution in [3.8, 4) is 5.75 Å². The lowest BCUT2D eigenvalue weighted by molar-refractivity contribution is -0.128. The summed E-state index contributed by atoms with van der Waals surface area (Å²) in [5.74, 6) is 0.596. The molecule has 0 saturated heterocycles. The molecule has 134 valence electrons. The van der Waals surface area contributed by atoms with Crippen LogP contribution in [0.4, 0.5) is 0 Å². The molecule has 2 rings (SSSR count). The topological polar surface area (TPSA) is 38.3 Å². The molecule has 1 N–H and O–H groups in total. The van der Waals surface area contributed by atoms with Crippen molar-refractivity contribution in [1.82, 2.24) is 5.32 Å². The van der Waals surface area contributed by atoms with Crippen LogP contribution in [0.15, 0.2) is 48.5 Å². The van der Waals surface area contributed by atoms with Crippen LogP contribution in [0.1, 0.15) is 45.2 Å². The molecule has 4 heteroatoms. The number of rotatable bonds is 6. The van der Waals surface area contributed by atoms with Gasteiger partial charge >= 0.3 is 0 Å². The second-order valence-corrected chi connectivity index (χ2v) is 7.57. The molecule has 0 bridgehead atoms. The van der Waals surface area contributed by atoms with Gasteiger partial charge < -0.3 is 10.1 Å². The van der Waals surface area contributed by atoms with Gasteiger partial charge in [-0.05, 0) is 47.2 Å². The Balaban J connectivity index is 1.94. The summed E-state index contributed by atoms with van der Waals surface area (Å²) in [4.78, 5) is 12.4. The number of benzene rings is 2. The van der Waals surface area contributed by atoms with Gasteiger partial charge in [0.25, 0.3) is 5.91 Å². The number of nitrogens with one attached hydrogen (secondary N) is 1. The smallest absolute Gasteiger partial charge is 0.261 e. The highest BCUT2D eigenvalue weighted by molar-refractivity contribution is 6.30. The Bertz CT molecular complexity index is 687. The Morgan fingerprint density at radius 3 is 2.20 bits per heavy atom. The molecule has 25 heavy (non-hydrogen) atoms. The Hall–Kier alpha value is -2.00. The van der Waals surface area contributed by atoms with E-state index in [-0.39, 0.29) is 11.3 Å². The first kappa shape index (κ1) is 19.3. The standard InChI is InChI=1S/C21H26ClNO2/c1-5-19(20(24)23-14-15-6-10-17(22)11-7-15)25-18-12-8-16(9-13-18)21(2,3)4/h6-13,19H,5,14H2,1-4H3,(H,23,24)/t19-/m0/s1. The molecule has 0 unspecified atom stereocenters. The molecule has 1 amide bonds. The van der Waals surface area contributed by atoms with Crippen LogP contribution in [-0.4, -0.2) is 12.0 Å². The van der Waals surface area contributed by atoms with E-state index in [4.69, 9.17) is 16.3 Å². The van der Waals surface area contributed by atoms with E-state index in [2.05, 4.69) is 26.1 Å². The number of halogens is 1. The average molecular weight is 360 g/mol. The van der Waals surface area contributed by atoms with Crippen LogP contribution in [0, 0.1) is 0 Å². The fraction of sp³-hybridized carbons (Fsp3) is 0.381. The molecule has 2 aromatic rings. The van der Waals surface area contributed by atoms with Gasteiger partial charge in [-0.25, -0.2) is 0 Å². The number of carbonyl (C=O) groups excluding carboxylic acids is 1. The van der Waals surface area contributed by atoms with Gasteiger partial charge in [-0.2, -0.15) is 0 Å². The van der Waals surface area contributed by atoms with Gasteiger partial charge in [-0.1, -0.05) is 63.6 Å². The zero-order valence-electron chi connectivity index (χ0n) is 15.3. The van der Waals surface area contributed by atoms with Crippen molar-refractivity contribution in [3.63, 3.8) is 0 Å². The van der Waals surface area contributed by atoms with Gasteiger partial charge in [0.05, 0.1) is 0 Å². The first-order chi connectivity index (χ1) is 11.8. The first-order valence-corrected chi connectivity index (χ1v) is 8.96. The molecule has 0 saturated carbocycles. The van der Waals surface area contributed by atoms with Crippen LogP contribution in [0.3, 0.4) is 0 Å². The monoisotopic (exact) mass is 359 g/mol. The van der Waals surface area contributed by atoms with Gasteiger partial charge in [0, 0.05) is 11.6 Å². The number of hydrogen-bond donors (Lipinski definition) is 1. The van der Waals surface area contributed by atoms with Gasteiger partial charge in [-0.15, -0.1) is 0 Å². The Morgan fingerprint density at radius 2 is 1.68 bits per heavy atom. The molecule has 0 aromatic heterocycles. The largest absolute Gasteiger partial charge is 0.481 e. The Labute approximate surface area is 155 Å². The molecule has 0 heterocycles. The summed E-state index contributed by atoms with van der Waals surface area (Å²) < 4.78 is 5.87. The van der Waals surface area contributed by atoms with E-state index in [1.165, 1.54) is 5.56 Å². The second kappa shape index (κ2) is 8.39. The molecule has 0 aliphatic carbocycles. The van der Waals surface area contributed by atoms with Gasteiger partial charge in [0.1, 0.15) is 5.75 Å². The highest BCUT2D eigenvalue weighted by atomic mass is 35.5. The van der Waals surface area contributed by atoms with E-state index in [1.54, 1.807) is 0 Å². The van der Waals surface area contributed by atoms with Crippen LogP contribution in [-0.2, 0) is 16.8 Å². The number of ether oxygens (including phenoxy) is 1. The predicted molar refractivity (Wildman–Crippen MR) is 103 cm³/mol. The maximum atomic E-state index is 12.4. The van der Waals surface area contributed by atoms with Gasteiger partial charge in [0.15, 0.2) is 6.10 Å². The Morgan fingerprint density at radius 1 is 1.08 bits per heavy atom. The summed E-state index contributed by atoms with van der Waals surface area (Å²) in [6.07, 6.45) is 0.0980. The SMILES string of the molecule is CC[C@H](Oc1ccc(C(C)(C)C)cc1)C(=O)NCc1ccc(Cl)cc1. The van der Waals surface area contributed by atoms with E-state index >= 15 is 0 Å². The zero-order valence-corrected chi connectivity index (χ0v) is 16.1. The Kier molecular flexibility index (Phi) is 6.49. The van der Waals surface area contributed by atoms with Gasteiger partial charge in [-0.3, -0.25) is 4.79 Å². The zero-order chi connectivity index (χ0) is 18.4. The maximum absolute atomic E-state index is 12.4. The third kappa shape index (κ3) is 5.79. The minimum absolute atomic E-state index is 0.0959. The fourth-order valence-corrected chi connectivity index (χ4v) is 2.55. The minimum Gasteiger partial charge on any atom is -0.481 e. The summed E-state index contributed by atoms with van der Waals surface area (Å²) >= 11 is 5.87. The van der Waals surface area contributed by atoms with Crippen molar-refractivity contribution in [3.05, 3.63) is 64.7 Å². The summed E-state index contributed by atoms with van der Waals surface area (Å²) in [6.45, 7) is 8.90. The summed E-state index contributed by atoms with van der Waals surface area (Å²) in [5.41, 5.74) is 2.33. The van der Waals surface area contributed by atoms with Crippen molar-refractivity contribution in [2.24, 2.45) is 0 Å². The van der Waals surface area contributed by atoms with Gasteiger partial charge in [0.2, 0.25) is 0 Å².